The van der Waals surface area contributed by atoms with Crippen LogP contribution in [0.15, 0.2) is 36.4 Å². The molecule has 0 atom stereocenters. The number of halogens is 3. The Bertz CT molecular complexity index is 611. The molecule has 2 aromatic rings. The number of hydrogen-bond acceptors (Lipinski definition) is 2. The van der Waals surface area contributed by atoms with Crippen LogP contribution in [-0.4, -0.2) is 5.78 Å². The van der Waals surface area contributed by atoms with E-state index in [1.54, 1.807) is 0 Å². The molecule has 2 N–H and O–H groups in total. The molecule has 0 aliphatic heterocycles. The largest absolute Gasteiger partial charge is 0.396 e. The van der Waals surface area contributed by atoms with E-state index in [1.807, 2.05) is 0 Å². The van der Waals surface area contributed by atoms with Gasteiger partial charge >= 0.3 is 0 Å². The van der Waals surface area contributed by atoms with Crippen molar-refractivity contribution in [2.45, 2.75) is 0 Å². The van der Waals surface area contributed by atoms with Gasteiger partial charge in [0.25, 0.3) is 0 Å². The Morgan fingerprint density at radius 2 is 1.72 bits per heavy atom. The zero-order chi connectivity index (χ0) is 13.3. The summed E-state index contributed by atoms with van der Waals surface area (Å²) in [5.41, 5.74) is 4.69. The van der Waals surface area contributed by atoms with Crippen molar-refractivity contribution >= 4 is 23.1 Å². The first-order chi connectivity index (χ1) is 8.49. The van der Waals surface area contributed by atoms with Crippen LogP contribution in [0.25, 0.3) is 0 Å². The van der Waals surface area contributed by atoms with Gasteiger partial charge in [-0.25, -0.2) is 8.78 Å². The summed E-state index contributed by atoms with van der Waals surface area (Å²) in [5, 5.41) is 0.450. The summed E-state index contributed by atoms with van der Waals surface area (Å²) in [5.74, 6) is -2.32. The topological polar surface area (TPSA) is 43.1 Å². The molecule has 0 radical (unpaired) electrons. The molecule has 0 amide bonds. The van der Waals surface area contributed by atoms with Crippen molar-refractivity contribution < 1.29 is 13.6 Å². The number of carbonyl (C=O) groups excluding carboxylic acids is 1. The van der Waals surface area contributed by atoms with Crippen molar-refractivity contribution in [2.24, 2.45) is 0 Å². The zero-order valence-electron chi connectivity index (χ0n) is 9.08. The smallest absolute Gasteiger partial charge is 0.196 e. The molecule has 0 aromatic heterocycles. The lowest BCUT2D eigenvalue weighted by molar-refractivity contribution is 0.103. The van der Waals surface area contributed by atoms with E-state index in [-0.39, 0.29) is 5.56 Å². The summed E-state index contributed by atoms with van der Waals surface area (Å²) in [6.45, 7) is 0. The maximum Gasteiger partial charge on any atom is 0.196 e. The molecule has 0 fully saturated rings. The Hall–Kier alpha value is -1.94. The molecule has 0 aliphatic carbocycles. The predicted molar refractivity (Wildman–Crippen MR) is 65.7 cm³/mol. The zero-order valence-corrected chi connectivity index (χ0v) is 9.84. The number of anilines is 1. The van der Waals surface area contributed by atoms with Gasteiger partial charge in [0.05, 0.1) is 11.3 Å². The van der Waals surface area contributed by atoms with E-state index < -0.39 is 28.7 Å². The minimum absolute atomic E-state index is 0.211. The second kappa shape index (κ2) is 4.74. The number of hydrogen-bond donors (Lipinski definition) is 1. The van der Waals surface area contributed by atoms with Crippen LogP contribution in [0.1, 0.15) is 15.9 Å². The van der Waals surface area contributed by atoms with Gasteiger partial charge in [-0.05, 0) is 36.4 Å². The van der Waals surface area contributed by atoms with Gasteiger partial charge in [0.1, 0.15) is 5.82 Å². The van der Waals surface area contributed by atoms with Gasteiger partial charge in [-0.1, -0.05) is 11.6 Å². The molecule has 0 bridgehead atoms. The number of carbonyl (C=O) groups is 1. The van der Waals surface area contributed by atoms with Crippen LogP contribution in [0.5, 0.6) is 0 Å². The minimum Gasteiger partial charge on any atom is -0.396 e. The lowest BCUT2D eigenvalue weighted by atomic mass is 10.0. The molecular weight excluding hydrogens is 260 g/mol. The van der Waals surface area contributed by atoms with Crippen molar-refractivity contribution in [2.75, 3.05) is 5.73 Å². The van der Waals surface area contributed by atoms with E-state index in [0.717, 1.165) is 12.1 Å². The van der Waals surface area contributed by atoms with E-state index in [1.165, 1.54) is 24.3 Å². The third-order valence-corrected chi connectivity index (χ3v) is 2.67. The molecule has 5 heteroatoms. The van der Waals surface area contributed by atoms with E-state index in [2.05, 4.69) is 0 Å². The van der Waals surface area contributed by atoms with Gasteiger partial charge in [-0.15, -0.1) is 0 Å². The summed E-state index contributed by atoms with van der Waals surface area (Å²) >= 11 is 5.68. The highest BCUT2D eigenvalue weighted by molar-refractivity contribution is 6.30. The van der Waals surface area contributed by atoms with E-state index in [9.17, 15) is 13.6 Å². The van der Waals surface area contributed by atoms with Gasteiger partial charge in [0.2, 0.25) is 0 Å². The van der Waals surface area contributed by atoms with Crippen molar-refractivity contribution in [3.63, 3.8) is 0 Å². The summed E-state index contributed by atoms with van der Waals surface area (Å²) in [6, 6.07) is 7.51. The number of nitrogen functional groups attached to an aromatic ring is 1. The second-order valence-electron chi connectivity index (χ2n) is 3.69. The highest BCUT2D eigenvalue weighted by Crippen LogP contribution is 2.21. The first kappa shape index (κ1) is 12.5. The molecule has 0 heterocycles. The Morgan fingerprint density at radius 3 is 2.33 bits per heavy atom. The maximum atomic E-state index is 13.7. The van der Waals surface area contributed by atoms with E-state index in [0.29, 0.717) is 5.02 Å². The molecule has 2 nitrogen and oxygen atoms in total. The van der Waals surface area contributed by atoms with Gasteiger partial charge in [-0.2, -0.15) is 0 Å². The second-order valence-corrected chi connectivity index (χ2v) is 4.13. The molecule has 0 unspecified atom stereocenters. The van der Waals surface area contributed by atoms with Gasteiger partial charge in [0, 0.05) is 10.6 Å². The van der Waals surface area contributed by atoms with Crippen LogP contribution in [0, 0.1) is 11.6 Å². The SMILES string of the molecule is Nc1cc(F)cc(C(=O)c2ccc(Cl)cc2)c1F. The van der Waals surface area contributed by atoms with E-state index >= 15 is 0 Å². The molecule has 0 spiro atoms. The third-order valence-electron chi connectivity index (χ3n) is 2.42. The third kappa shape index (κ3) is 2.33. The first-order valence-electron chi connectivity index (χ1n) is 5.04. The van der Waals surface area contributed by atoms with Crippen molar-refractivity contribution in [3.05, 3.63) is 64.2 Å². The van der Waals surface area contributed by atoms with Crippen molar-refractivity contribution in [1.29, 1.82) is 0 Å². The molecule has 2 aromatic carbocycles. The number of rotatable bonds is 2. The number of benzene rings is 2. The summed E-state index contributed by atoms with van der Waals surface area (Å²) < 4.78 is 26.8. The van der Waals surface area contributed by atoms with Gasteiger partial charge in [0.15, 0.2) is 11.6 Å². The van der Waals surface area contributed by atoms with Crippen molar-refractivity contribution in [1.82, 2.24) is 0 Å². The minimum atomic E-state index is -0.920. The number of nitrogens with two attached hydrogens (primary N) is 1. The molecule has 0 saturated carbocycles. The Kier molecular flexibility index (Phi) is 3.30. The first-order valence-corrected chi connectivity index (χ1v) is 5.41. The van der Waals surface area contributed by atoms with Crippen molar-refractivity contribution in [3.8, 4) is 0 Å². The molecule has 18 heavy (non-hydrogen) atoms. The Labute approximate surface area is 107 Å². The molecule has 2 rings (SSSR count). The van der Waals surface area contributed by atoms with Crippen LogP contribution < -0.4 is 5.73 Å². The summed E-state index contributed by atoms with van der Waals surface area (Å²) in [6.07, 6.45) is 0. The van der Waals surface area contributed by atoms with Crippen LogP contribution >= 0.6 is 11.6 Å². The highest BCUT2D eigenvalue weighted by Gasteiger charge is 2.17. The Balaban J connectivity index is 2.49. The number of ketones is 1. The summed E-state index contributed by atoms with van der Waals surface area (Å²) in [7, 11) is 0. The molecular formula is C13H8ClF2NO. The fourth-order valence-corrected chi connectivity index (χ4v) is 1.66. The maximum absolute atomic E-state index is 13.7. The van der Waals surface area contributed by atoms with Crippen LogP contribution in [-0.2, 0) is 0 Å². The molecule has 0 saturated heterocycles. The lowest BCUT2D eigenvalue weighted by Gasteiger charge is -2.05. The summed E-state index contributed by atoms with van der Waals surface area (Å²) in [4.78, 5) is 12.0. The average molecular weight is 268 g/mol. The lowest BCUT2D eigenvalue weighted by Crippen LogP contribution is -2.07. The molecule has 92 valence electrons. The average Bonchev–Trinajstić information content (AvgIpc) is 2.34. The quantitative estimate of drug-likeness (QED) is 0.669. The Morgan fingerprint density at radius 1 is 1.11 bits per heavy atom. The predicted octanol–water partition coefficient (Wildman–Crippen LogP) is 3.43. The van der Waals surface area contributed by atoms with Gasteiger partial charge in [-0.3, -0.25) is 4.79 Å². The van der Waals surface area contributed by atoms with Crippen LogP contribution in [0.4, 0.5) is 14.5 Å². The van der Waals surface area contributed by atoms with E-state index in [4.69, 9.17) is 17.3 Å². The monoisotopic (exact) mass is 267 g/mol. The fourth-order valence-electron chi connectivity index (χ4n) is 1.53. The van der Waals surface area contributed by atoms with Crippen LogP contribution in [0.3, 0.4) is 0 Å². The standard InChI is InChI=1S/C13H8ClF2NO/c14-8-3-1-7(2-4-8)13(18)10-5-9(15)6-11(17)12(10)16/h1-6H,17H2. The highest BCUT2D eigenvalue weighted by atomic mass is 35.5. The van der Waals surface area contributed by atoms with Crippen LogP contribution in [0.2, 0.25) is 5.02 Å². The normalized spacial score (nSPS) is 10.4. The fraction of sp³-hybridized carbons (Fsp3) is 0. The van der Waals surface area contributed by atoms with Gasteiger partial charge < -0.3 is 5.73 Å². The molecule has 0 aliphatic rings.